The summed E-state index contributed by atoms with van der Waals surface area (Å²) in [5.74, 6) is 0. The molecule has 0 amide bonds. The van der Waals surface area contributed by atoms with Crippen molar-refractivity contribution < 1.29 is 17.9 Å². The highest BCUT2D eigenvalue weighted by Crippen LogP contribution is 2.34. The number of alkyl halides is 3. The smallest absolute Gasteiger partial charge is 0.379 e. The van der Waals surface area contributed by atoms with Gasteiger partial charge in [0.05, 0.1) is 36.1 Å². The van der Waals surface area contributed by atoms with E-state index < -0.39 is 11.7 Å². The molecule has 1 fully saturated rings. The van der Waals surface area contributed by atoms with Crippen molar-refractivity contribution in [3.63, 3.8) is 0 Å². The van der Waals surface area contributed by atoms with Gasteiger partial charge in [0, 0.05) is 30.9 Å². The summed E-state index contributed by atoms with van der Waals surface area (Å²) in [6, 6.07) is 18.6. The number of halogens is 3. The molecule has 4 nitrogen and oxygen atoms in total. The number of hydrogen-bond donors (Lipinski definition) is 0. The molecule has 1 aromatic heterocycles. The molecule has 0 spiro atoms. The van der Waals surface area contributed by atoms with Gasteiger partial charge in [-0.3, -0.25) is 9.88 Å². The Kier molecular flexibility index (Phi) is 6.54. The van der Waals surface area contributed by atoms with E-state index in [0.717, 1.165) is 36.3 Å². The van der Waals surface area contributed by atoms with Gasteiger partial charge in [-0.2, -0.15) is 18.4 Å². The number of hydrogen-bond acceptors (Lipinski definition) is 4. The van der Waals surface area contributed by atoms with Crippen LogP contribution in [0.3, 0.4) is 0 Å². The van der Waals surface area contributed by atoms with Gasteiger partial charge in [-0.15, -0.1) is 0 Å². The maximum Gasteiger partial charge on any atom is 0.416 e. The number of nitrogens with zero attached hydrogens (tertiary/aromatic N) is 3. The van der Waals surface area contributed by atoms with Crippen LogP contribution in [0, 0.1) is 11.3 Å². The number of pyridine rings is 1. The zero-order valence-corrected chi connectivity index (χ0v) is 17.3. The highest BCUT2D eigenvalue weighted by atomic mass is 19.4. The first-order valence-corrected chi connectivity index (χ1v) is 10.4. The molecule has 1 saturated heterocycles. The first kappa shape index (κ1) is 22.0. The van der Waals surface area contributed by atoms with Gasteiger partial charge in [-0.1, -0.05) is 30.3 Å². The first-order valence-electron chi connectivity index (χ1n) is 10.4. The molecule has 0 radical (unpaired) electrons. The summed E-state index contributed by atoms with van der Waals surface area (Å²) in [4.78, 5) is 6.73. The van der Waals surface area contributed by atoms with Gasteiger partial charge in [-0.25, -0.2) is 0 Å². The Morgan fingerprint density at radius 2 is 1.81 bits per heavy atom. The Labute approximate surface area is 184 Å². The van der Waals surface area contributed by atoms with Crippen molar-refractivity contribution in [2.75, 3.05) is 26.3 Å². The number of benzene rings is 2. The average Bonchev–Trinajstić information content (AvgIpc) is 2.83. The van der Waals surface area contributed by atoms with Gasteiger partial charge in [0.2, 0.25) is 0 Å². The van der Waals surface area contributed by atoms with Crippen LogP contribution in [-0.2, 0) is 17.3 Å². The second-order valence-electron chi connectivity index (χ2n) is 7.70. The molecule has 32 heavy (non-hydrogen) atoms. The number of morpholine rings is 1. The minimum Gasteiger partial charge on any atom is -0.379 e. The maximum absolute atomic E-state index is 13.3. The third kappa shape index (κ3) is 4.98. The van der Waals surface area contributed by atoms with Gasteiger partial charge in [0.15, 0.2) is 0 Å². The molecule has 0 bridgehead atoms. The molecule has 0 N–H and O–H groups in total. The standard InChI is InChI=1S/C25H22F3N3O/c26-25(27,28)22-8-2-6-20(15-22)24-21(7-3-9-30-24)16-23(31-10-12-32-13-11-31)19-5-1-4-18(14-19)17-29/h1-9,14-15,23H,10-13,16H2. The fourth-order valence-corrected chi connectivity index (χ4v) is 4.08. The highest BCUT2D eigenvalue weighted by molar-refractivity contribution is 5.64. The molecular formula is C25H22F3N3O. The van der Waals surface area contributed by atoms with Gasteiger partial charge in [-0.05, 0) is 47.9 Å². The number of rotatable bonds is 5. The molecule has 164 valence electrons. The van der Waals surface area contributed by atoms with Crippen molar-refractivity contribution in [1.82, 2.24) is 9.88 Å². The van der Waals surface area contributed by atoms with Crippen LogP contribution in [0.1, 0.15) is 28.3 Å². The van der Waals surface area contributed by atoms with Crippen molar-refractivity contribution in [3.05, 3.63) is 89.1 Å². The number of nitriles is 1. The topological polar surface area (TPSA) is 49.2 Å². The van der Waals surface area contributed by atoms with E-state index in [1.807, 2.05) is 24.3 Å². The Bertz CT molecular complexity index is 1120. The lowest BCUT2D eigenvalue weighted by molar-refractivity contribution is -0.137. The number of ether oxygens (including phenoxy) is 1. The summed E-state index contributed by atoms with van der Waals surface area (Å²) in [6.45, 7) is 2.70. The van der Waals surface area contributed by atoms with Crippen molar-refractivity contribution in [2.45, 2.75) is 18.6 Å². The fourth-order valence-electron chi connectivity index (χ4n) is 4.08. The minimum absolute atomic E-state index is 0.0547. The van der Waals surface area contributed by atoms with E-state index in [9.17, 15) is 18.4 Å². The molecular weight excluding hydrogens is 415 g/mol. The van der Waals surface area contributed by atoms with Crippen molar-refractivity contribution >= 4 is 0 Å². The van der Waals surface area contributed by atoms with Crippen LogP contribution in [0.4, 0.5) is 13.2 Å². The normalized spacial score (nSPS) is 15.8. The average molecular weight is 437 g/mol. The van der Waals surface area contributed by atoms with Gasteiger partial charge in [0.1, 0.15) is 0 Å². The van der Waals surface area contributed by atoms with Gasteiger partial charge < -0.3 is 4.74 Å². The van der Waals surface area contributed by atoms with E-state index in [4.69, 9.17) is 4.74 Å². The largest absolute Gasteiger partial charge is 0.416 e. The highest BCUT2D eigenvalue weighted by Gasteiger charge is 2.31. The molecule has 1 aliphatic heterocycles. The van der Waals surface area contributed by atoms with Crippen LogP contribution in [0.15, 0.2) is 66.9 Å². The summed E-state index contributed by atoms with van der Waals surface area (Å²) >= 11 is 0. The van der Waals surface area contributed by atoms with E-state index in [-0.39, 0.29) is 6.04 Å². The molecule has 2 aromatic carbocycles. The van der Waals surface area contributed by atoms with Crippen molar-refractivity contribution in [2.24, 2.45) is 0 Å². The predicted molar refractivity (Wildman–Crippen MR) is 115 cm³/mol. The fraction of sp³-hybridized carbons (Fsp3) is 0.280. The summed E-state index contributed by atoms with van der Waals surface area (Å²) in [6.07, 6.45) is -2.27. The molecule has 4 rings (SSSR count). The van der Waals surface area contributed by atoms with E-state index in [2.05, 4.69) is 16.0 Å². The Hall–Kier alpha value is -3.21. The maximum atomic E-state index is 13.3. The molecule has 7 heteroatoms. The number of aromatic nitrogens is 1. The Morgan fingerprint density at radius 3 is 2.56 bits per heavy atom. The summed E-state index contributed by atoms with van der Waals surface area (Å²) in [5.41, 5.74) is 2.69. The van der Waals surface area contributed by atoms with Gasteiger partial charge >= 0.3 is 6.18 Å². The summed E-state index contributed by atoms with van der Waals surface area (Å²) in [7, 11) is 0. The van der Waals surface area contributed by atoms with E-state index >= 15 is 0 Å². The molecule has 1 aliphatic rings. The molecule has 2 heterocycles. The quantitative estimate of drug-likeness (QED) is 0.547. The SMILES string of the molecule is N#Cc1cccc(C(Cc2cccnc2-c2cccc(C(F)(F)F)c2)N2CCOCC2)c1. The van der Waals surface area contributed by atoms with E-state index in [1.54, 1.807) is 24.4 Å². The third-order valence-electron chi connectivity index (χ3n) is 5.65. The predicted octanol–water partition coefficient (Wildman–Crippen LogP) is 5.26. The second kappa shape index (κ2) is 9.51. The second-order valence-corrected chi connectivity index (χ2v) is 7.70. The minimum atomic E-state index is -4.42. The van der Waals surface area contributed by atoms with Crippen LogP contribution < -0.4 is 0 Å². The summed E-state index contributed by atoms with van der Waals surface area (Å²) in [5, 5.41) is 9.34. The monoisotopic (exact) mass is 437 g/mol. The van der Waals surface area contributed by atoms with Crippen LogP contribution in [0.5, 0.6) is 0 Å². The Balaban J connectivity index is 1.73. The molecule has 3 aromatic rings. The zero-order valence-electron chi connectivity index (χ0n) is 17.3. The van der Waals surface area contributed by atoms with Gasteiger partial charge in [0.25, 0.3) is 0 Å². The van der Waals surface area contributed by atoms with E-state index in [1.165, 1.54) is 6.07 Å². The van der Waals surface area contributed by atoms with Crippen LogP contribution >= 0.6 is 0 Å². The van der Waals surface area contributed by atoms with E-state index in [0.29, 0.717) is 36.5 Å². The Morgan fingerprint density at radius 1 is 1.03 bits per heavy atom. The lowest BCUT2D eigenvalue weighted by Gasteiger charge is -2.35. The zero-order chi connectivity index (χ0) is 22.6. The molecule has 1 unspecified atom stereocenters. The van der Waals surface area contributed by atoms with Crippen LogP contribution in [-0.4, -0.2) is 36.2 Å². The first-order chi connectivity index (χ1) is 15.5. The lowest BCUT2D eigenvalue weighted by atomic mass is 9.93. The van der Waals surface area contributed by atoms with Crippen molar-refractivity contribution in [1.29, 1.82) is 5.26 Å². The van der Waals surface area contributed by atoms with Crippen molar-refractivity contribution in [3.8, 4) is 17.3 Å². The molecule has 0 saturated carbocycles. The molecule has 0 aliphatic carbocycles. The lowest BCUT2D eigenvalue weighted by Crippen LogP contribution is -2.40. The third-order valence-corrected chi connectivity index (χ3v) is 5.65. The molecule has 1 atom stereocenters. The van der Waals surface area contributed by atoms with Crippen LogP contribution in [0.2, 0.25) is 0 Å². The van der Waals surface area contributed by atoms with Crippen LogP contribution in [0.25, 0.3) is 11.3 Å². The summed E-state index contributed by atoms with van der Waals surface area (Å²) < 4.78 is 45.3.